The van der Waals surface area contributed by atoms with Gasteiger partial charge in [-0.25, -0.2) is 9.48 Å². The summed E-state index contributed by atoms with van der Waals surface area (Å²) in [6.07, 6.45) is 0. The number of aryl methyl sites for hydroxylation is 2. The van der Waals surface area contributed by atoms with E-state index >= 15 is 0 Å². The summed E-state index contributed by atoms with van der Waals surface area (Å²) in [5, 5.41) is 6.01. The number of hydrogen-bond donors (Lipinski definition) is 0. The Morgan fingerprint density at radius 2 is 1.77 bits per heavy atom. The first-order chi connectivity index (χ1) is 10.6. The van der Waals surface area contributed by atoms with Gasteiger partial charge in [-0.3, -0.25) is 0 Å². The van der Waals surface area contributed by atoms with Gasteiger partial charge < -0.3 is 4.42 Å². The molecule has 0 amide bonds. The quantitative estimate of drug-likeness (QED) is 0.536. The van der Waals surface area contributed by atoms with Crippen molar-refractivity contribution >= 4 is 21.9 Å². The molecule has 0 aliphatic carbocycles. The van der Waals surface area contributed by atoms with Crippen LogP contribution < -0.4 is 5.63 Å². The lowest BCUT2D eigenvalue weighted by Gasteiger charge is -2.06. The van der Waals surface area contributed by atoms with E-state index in [2.05, 4.69) is 11.2 Å². The van der Waals surface area contributed by atoms with E-state index in [0.29, 0.717) is 16.7 Å². The molecule has 22 heavy (non-hydrogen) atoms. The maximum Gasteiger partial charge on any atom is 0.344 e. The summed E-state index contributed by atoms with van der Waals surface area (Å²) in [5.74, 6) is 0. The molecule has 0 aliphatic heterocycles. The van der Waals surface area contributed by atoms with E-state index in [1.165, 1.54) is 0 Å². The molecule has 4 nitrogen and oxygen atoms in total. The number of hydrogen-bond acceptors (Lipinski definition) is 3. The predicted molar refractivity (Wildman–Crippen MR) is 86.6 cm³/mol. The van der Waals surface area contributed by atoms with Gasteiger partial charge in [0.1, 0.15) is 11.2 Å². The molecule has 0 saturated heterocycles. The van der Waals surface area contributed by atoms with Gasteiger partial charge in [-0.2, -0.15) is 5.10 Å². The zero-order valence-corrected chi connectivity index (χ0v) is 12.3. The number of aromatic nitrogens is 2. The SMILES string of the molecule is Cc1cccc(-n2nc(C)c3oc(=O)c4ccccc4c32)c1. The first kappa shape index (κ1) is 12.8. The Hall–Kier alpha value is -2.88. The summed E-state index contributed by atoms with van der Waals surface area (Å²) in [6, 6.07) is 15.6. The van der Waals surface area contributed by atoms with Gasteiger partial charge >= 0.3 is 5.63 Å². The maximum atomic E-state index is 12.1. The van der Waals surface area contributed by atoms with Crippen LogP contribution in [0.25, 0.3) is 27.6 Å². The molecule has 0 bridgehead atoms. The fraction of sp³-hybridized carbons (Fsp3) is 0.111. The van der Waals surface area contributed by atoms with Crippen molar-refractivity contribution in [3.05, 3.63) is 70.2 Å². The van der Waals surface area contributed by atoms with E-state index in [1.54, 1.807) is 6.07 Å². The van der Waals surface area contributed by atoms with Gasteiger partial charge in [0.2, 0.25) is 0 Å². The van der Waals surface area contributed by atoms with Gasteiger partial charge in [-0.15, -0.1) is 0 Å². The summed E-state index contributed by atoms with van der Waals surface area (Å²) < 4.78 is 7.35. The Balaban J connectivity index is 2.21. The highest BCUT2D eigenvalue weighted by Gasteiger charge is 2.16. The molecule has 4 heteroatoms. The maximum absolute atomic E-state index is 12.1. The van der Waals surface area contributed by atoms with E-state index in [0.717, 1.165) is 22.2 Å². The van der Waals surface area contributed by atoms with Crippen LogP contribution in [0.2, 0.25) is 0 Å². The molecule has 108 valence electrons. The number of nitrogens with zero attached hydrogens (tertiary/aromatic N) is 2. The van der Waals surface area contributed by atoms with E-state index in [-0.39, 0.29) is 5.63 Å². The molecule has 2 aromatic carbocycles. The van der Waals surface area contributed by atoms with E-state index in [1.807, 2.05) is 54.9 Å². The molecule has 0 atom stereocenters. The van der Waals surface area contributed by atoms with Crippen molar-refractivity contribution in [1.82, 2.24) is 9.78 Å². The summed E-state index contributed by atoms with van der Waals surface area (Å²) in [4.78, 5) is 12.1. The van der Waals surface area contributed by atoms with E-state index in [9.17, 15) is 4.79 Å². The van der Waals surface area contributed by atoms with E-state index < -0.39 is 0 Å². The number of fused-ring (bicyclic) bond motifs is 3. The Morgan fingerprint density at radius 1 is 1.00 bits per heavy atom. The highest BCUT2D eigenvalue weighted by atomic mass is 16.4. The van der Waals surface area contributed by atoms with Crippen LogP contribution in [0.5, 0.6) is 0 Å². The molecule has 0 fully saturated rings. The van der Waals surface area contributed by atoms with Gasteiger partial charge in [0, 0.05) is 5.39 Å². The molecule has 0 radical (unpaired) electrons. The van der Waals surface area contributed by atoms with Gasteiger partial charge in [-0.1, -0.05) is 30.3 Å². The van der Waals surface area contributed by atoms with Crippen LogP contribution in [-0.2, 0) is 0 Å². The van der Waals surface area contributed by atoms with Crippen LogP contribution in [0.4, 0.5) is 0 Å². The first-order valence-electron chi connectivity index (χ1n) is 7.13. The second kappa shape index (κ2) is 4.56. The molecular formula is C18H14N2O2. The van der Waals surface area contributed by atoms with Crippen LogP contribution in [0, 0.1) is 13.8 Å². The lowest BCUT2D eigenvalue weighted by molar-refractivity contribution is 0.567. The van der Waals surface area contributed by atoms with Gasteiger partial charge in [0.15, 0.2) is 5.58 Å². The topological polar surface area (TPSA) is 48.0 Å². The monoisotopic (exact) mass is 290 g/mol. The van der Waals surface area contributed by atoms with Crippen molar-refractivity contribution in [3.8, 4) is 5.69 Å². The Morgan fingerprint density at radius 3 is 2.55 bits per heavy atom. The molecule has 0 saturated carbocycles. The van der Waals surface area contributed by atoms with Crippen molar-refractivity contribution < 1.29 is 4.42 Å². The van der Waals surface area contributed by atoms with Crippen molar-refractivity contribution in [3.63, 3.8) is 0 Å². The van der Waals surface area contributed by atoms with Crippen molar-refractivity contribution in [2.24, 2.45) is 0 Å². The number of benzene rings is 2. The minimum atomic E-state index is -0.324. The van der Waals surface area contributed by atoms with Gasteiger partial charge in [-0.05, 0) is 37.6 Å². The Labute approximate surface area is 126 Å². The third-order valence-corrected chi connectivity index (χ3v) is 3.85. The summed E-state index contributed by atoms with van der Waals surface area (Å²) in [6.45, 7) is 3.90. The molecule has 4 aromatic rings. The molecule has 4 rings (SSSR count). The fourth-order valence-corrected chi connectivity index (χ4v) is 2.83. The normalized spacial score (nSPS) is 11.4. The predicted octanol–water partition coefficient (Wildman–Crippen LogP) is 3.75. The average Bonchev–Trinajstić information content (AvgIpc) is 2.85. The Kier molecular flexibility index (Phi) is 2.66. The molecular weight excluding hydrogens is 276 g/mol. The summed E-state index contributed by atoms with van der Waals surface area (Å²) in [5.41, 5.74) is 3.87. The van der Waals surface area contributed by atoms with Crippen LogP contribution in [0.1, 0.15) is 11.3 Å². The van der Waals surface area contributed by atoms with Crippen LogP contribution in [0.3, 0.4) is 0 Å². The van der Waals surface area contributed by atoms with Gasteiger partial charge in [0.25, 0.3) is 0 Å². The van der Waals surface area contributed by atoms with Crippen LogP contribution >= 0.6 is 0 Å². The largest absolute Gasteiger partial charge is 0.419 e. The minimum Gasteiger partial charge on any atom is -0.419 e. The third-order valence-electron chi connectivity index (χ3n) is 3.85. The van der Waals surface area contributed by atoms with Gasteiger partial charge in [0.05, 0.1) is 11.1 Å². The second-order valence-electron chi connectivity index (χ2n) is 5.45. The summed E-state index contributed by atoms with van der Waals surface area (Å²) >= 11 is 0. The molecule has 0 unspecified atom stereocenters. The summed E-state index contributed by atoms with van der Waals surface area (Å²) in [7, 11) is 0. The molecule has 0 aliphatic rings. The minimum absolute atomic E-state index is 0.324. The third kappa shape index (κ3) is 1.77. The first-order valence-corrected chi connectivity index (χ1v) is 7.13. The molecule has 0 spiro atoms. The molecule has 2 aromatic heterocycles. The zero-order valence-electron chi connectivity index (χ0n) is 12.3. The van der Waals surface area contributed by atoms with Crippen molar-refractivity contribution in [1.29, 1.82) is 0 Å². The van der Waals surface area contributed by atoms with Crippen molar-refractivity contribution in [2.75, 3.05) is 0 Å². The number of rotatable bonds is 1. The zero-order chi connectivity index (χ0) is 15.3. The fourth-order valence-electron chi connectivity index (χ4n) is 2.83. The van der Waals surface area contributed by atoms with Crippen LogP contribution in [0.15, 0.2) is 57.7 Å². The van der Waals surface area contributed by atoms with E-state index in [4.69, 9.17) is 4.42 Å². The lowest BCUT2D eigenvalue weighted by Crippen LogP contribution is -2.02. The molecule has 2 heterocycles. The molecule has 0 N–H and O–H groups in total. The highest BCUT2D eigenvalue weighted by Crippen LogP contribution is 2.27. The van der Waals surface area contributed by atoms with Crippen molar-refractivity contribution in [2.45, 2.75) is 13.8 Å². The Bertz CT molecular complexity index is 1070. The smallest absolute Gasteiger partial charge is 0.344 e. The standard InChI is InChI=1S/C18H14N2O2/c1-11-6-5-7-13(10-11)20-16-14-8-3-4-9-15(14)18(21)22-17(16)12(2)19-20/h3-10H,1-2H3. The highest BCUT2D eigenvalue weighted by molar-refractivity contribution is 6.03. The average molecular weight is 290 g/mol. The van der Waals surface area contributed by atoms with Crippen LogP contribution in [-0.4, -0.2) is 9.78 Å². The second-order valence-corrected chi connectivity index (χ2v) is 5.45. The lowest BCUT2D eigenvalue weighted by atomic mass is 10.1.